The van der Waals surface area contributed by atoms with Crippen LogP contribution in [0.2, 0.25) is 0 Å². The Morgan fingerprint density at radius 2 is 1.68 bits per heavy atom. The van der Waals surface area contributed by atoms with E-state index in [1.54, 1.807) is 12.1 Å². The van der Waals surface area contributed by atoms with Gasteiger partial charge in [0.2, 0.25) is 0 Å². The largest absolute Gasteiger partial charge is 0.345 e. The first-order valence-corrected chi connectivity index (χ1v) is 9.88. The third-order valence-corrected chi connectivity index (χ3v) is 5.33. The van der Waals surface area contributed by atoms with Gasteiger partial charge in [-0.1, -0.05) is 48.5 Å². The molecule has 2 aromatic carbocycles. The average molecular weight is 377 g/mol. The number of nitrogens with zero attached hydrogens (tertiary/aromatic N) is 2. The smallest absolute Gasteiger partial charge is 0.274 e. The third-order valence-electron chi connectivity index (χ3n) is 5.33. The zero-order valence-corrected chi connectivity index (χ0v) is 15.9. The number of carbonyl (C=O) groups excluding carboxylic acids is 1. The number of nitrogens with one attached hydrogen (secondary N) is 2. The van der Waals surface area contributed by atoms with Gasteiger partial charge in [-0.25, -0.2) is 4.68 Å². The molecule has 1 saturated heterocycles. The highest BCUT2D eigenvalue weighted by Crippen LogP contribution is 2.13. The van der Waals surface area contributed by atoms with Crippen molar-refractivity contribution in [1.82, 2.24) is 15.1 Å². The van der Waals surface area contributed by atoms with E-state index >= 15 is 0 Å². The number of aromatic nitrogens is 2. The van der Waals surface area contributed by atoms with E-state index in [1.165, 1.54) is 35.5 Å². The van der Waals surface area contributed by atoms with E-state index in [0.29, 0.717) is 29.6 Å². The van der Waals surface area contributed by atoms with Crippen molar-refractivity contribution < 1.29 is 9.69 Å². The average Bonchev–Trinajstić information content (AvgIpc) is 3.24. The Morgan fingerprint density at radius 3 is 2.43 bits per heavy atom. The molecule has 4 rings (SSSR count). The molecule has 28 heavy (non-hydrogen) atoms. The molecule has 144 valence electrons. The first-order valence-electron chi connectivity index (χ1n) is 9.88. The van der Waals surface area contributed by atoms with E-state index in [4.69, 9.17) is 0 Å². The van der Waals surface area contributed by atoms with Gasteiger partial charge in [-0.3, -0.25) is 9.59 Å². The van der Waals surface area contributed by atoms with E-state index in [1.807, 2.05) is 42.5 Å². The molecular weight excluding hydrogens is 352 g/mol. The van der Waals surface area contributed by atoms with Crippen LogP contribution in [-0.2, 0) is 6.54 Å². The quantitative estimate of drug-likeness (QED) is 0.669. The van der Waals surface area contributed by atoms with Gasteiger partial charge in [0.25, 0.3) is 11.5 Å². The lowest BCUT2D eigenvalue weighted by Gasteiger charge is -2.14. The first-order chi connectivity index (χ1) is 13.7. The minimum Gasteiger partial charge on any atom is -0.345 e. The fourth-order valence-electron chi connectivity index (χ4n) is 3.83. The van der Waals surface area contributed by atoms with Crippen molar-refractivity contribution in [3.05, 3.63) is 76.2 Å². The number of carbonyl (C=O) groups is 1. The number of amides is 1. The van der Waals surface area contributed by atoms with Crippen LogP contribution >= 0.6 is 0 Å². The molecule has 1 fully saturated rings. The van der Waals surface area contributed by atoms with E-state index in [0.717, 1.165) is 12.1 Å². The Labute approximate surface area is 163 Å². The van der Waals surface area contributed by atoms with Crippen LogP contribution in [0.3, 0.4) is 0 Å². The Morgan fingerprint density at radius 1 is 1.00 bits per heavy atom. The summed E-state index contributed by atoms with van der Waals surface area (Å²) in [6.07, 6.45) is 2.53. The van der Waals surface area contributed by atoms with Crippen molar-refractivity contribution >= 4 is 16.7 Å². The second-order valence-electron chi connectivity index (χ2n) is 7.31. The van der Waals surface area contributed by atoms with Gasteiger partial charge >= 0.3 is 0 Å². The molecule has 1 aliphatic heterocycles. The molecule has 6 heteroatoms. The van der Waals surface area contributed by atoms with E-state index in [-0.39, 0.29) is 11.5 Å². The highest BCUT2D eigenvalue weighted by Gasteiger charge is 2.18. The predicted molar refractivity (Wildman–Crippen MR) is 109 cm³/mol. The summed E-state index contributed by atoms with van der Waals surface area (Å²) < 4.78 is 1.39. The number of fused-ring (bicyclic) bond motifs is 1. The molecule has 0 atom stereocenters. The maximum atomic E-state index is 12.9. The maximum absolute atomic E-state index is 12.9. The minimum absolute atomic E-state index is 0.183. The summed E-state index contributed by atoms with van der Waals surface area (Å²) in [5.41, 5.74) is 1.09. The Bertz CT molecular complexity index is 1020. The van der Waals surface area contributed by atoms with Crippen LogP contribution in [0, 0.1) is 0 Å². The van der Waals surface area contributed by atoms with Gasteiger partial charge in [0, 0.05) is 18.2 Å². The summed E-state index contributed by atoms with van der Waals surface area (Å²) in [4.78, 5) is 27.2. The minimum atomic E-state index is -0.225. The third kappa shape index (κ3) is 3.97. The highest BCUT2D eigenvalue weighted by molar-refractivity contribution is 6.04. The van der Waals surface area contributed by atoms with Crippen molar-refractivity contribution in [2.75, 3.05) is 26.2 Å². The standard InChI is InChI=1S/C22H24N4O2/c27-21(23-12-15-25-13-6-7-14-25)20-18-10-4-5-11-19(18)22(28)26(24-20)16-17-8-2-1-3-9-17/h1-5,8-11H,6-7,12-16H2,(H,23,27)/p+1. The summed E-state index contributed by atoms with van der Waals surface area (Å²) in [6, 6.07) is 16.9. The van der Waals surface area contributed by atoms with Crippen LogP contribution in [0.1, 0.15) is 28.9 Å². The van der Waals surface area contributed by atoms with Gasteiger partial charge in [-0.05, 0) is 11.6 Å². The highest BCUT2D eigenvalue weighted by atomic mass is 16.2. The molecule has 0 saturated carbocycles. The number of hydrogen-bond acceptors (Lipinski definition) is 3. The number of rotatable bonds is 6. The van der Waals surface area contributed by atoms with Gasteiger partial charge < -0.3 is 10.2 Å². The summed E-state index contributed by atoms with van der Waals surface area (Å²) in [7, 11) is 0. The molecule has 0 bridgehead atoms. The maximum Gasteiger partial charge on any atom is 0.274 e. The van der Waals surface area contributed by atoms with E-state index in [2.05, 4.69) is 10.4 Å². The summed E-state index contributed by atoms with van der Waals surface area (Å²) in [5.74, 6) is -0.225. The molecule has 2 N–H and O–H groups in total. The Kier molecular flexibility index (Phi) is 5.48. The van der Waals surface area contributed by atoms with Crippen molar-refractivity contribution in [2.24, 2.45) is 0 Å². The zero-order chi connectivity index (χ0) is 19.3. The van der Waals surface area contributed by atoms with Crippen LogP contribution in [0.5, 0.6) is 0 Å². The van der Waals surface area contributed by atoms with Crippen LogP contribution in [0.4, 0.5) is 0 Å². The molecule has 1 aromatic heterocycles. The molecule has 0 radical (unpaired) electrons. The van der Waals surface area contributed by atoms with Crippen molar-refractivity contribution in [2.45, 2.75) is 19.4 Å². The Balaban J connectivity index is 1.61. The molecule has 0 spiro atoms. The van der Waals surface area contributed by atoms with Crippen LogP contribution < -0.4 is 15.8 Å². The van der Waals surface area contributed by atoms with Crippen LogP contribution in [0.25, 0.3) is 10.8 Å². The molecule has 6 nitrogen and oxygen atoms in total. The predicted octanol–water partition coefficient (Wildman–Crippen LogP) is 0.853. The molecule has 0 aliphatic carbocycles. The second-order valence-corrected chi connectivity index (χ2v) is 7.31. The van der Waals surface area contributed by atoms with Gasteiger partial charge in [-0.2, -0.15) is 5.10 Å². The van der Waals surface area contributed by atoms with E-state index < -0.39 is 0 Å². The fourth-order valence-corrected chi connectivity index (χ4v) is 3.83. The lowest BCUT2D eigenvalue weighted by Crippen LogP contribution is -3.10. The SMILES string of the molecule is O=C(NCC[NH+]1CCCC1)c1nn(Cc2ccccc2)c(=O)c2ccccc12. The van der Waals surface area contributed by atoms with Gasteiger partial charge in [-0.15, -0.1) is 0 Å². The van der Waals surface area contributed by atoms with Crippen molar-refractivity contribution in [1.29, 1.82) is 0 Å². The zero-order valence-electron chi connectivity index (χ0n) is 15.9. The van der Waals surface area contributed by atoms with E-state index in [9.17, 15) is 9.59 Å². The van der Waals surface area contributed by atoms with Gasteiger partial charge in [0.15, 0.2) is 5.69 Å². The fraction of sp³-hybridized carbons (Fsp3) is 0.318. The van der Waals surface area contributed by atoms with Crippen molar-refractivity contribution in [3.63, 3.8) is 0 Å². The molecule has 1 amide bonds. The number of quaternary nitrogens is 1. The van der Waals surface area contributed by atoms with Gasteiger partial charge in [0.1, 0.15) is 0 Å². The van der Waals surface area contributed by atoms with Gasteiger partial charge in [0.05, 0.1) is 38.1 Å². The van der Waals surface area contributed by atoms with Crippen molar-refractivity contribution in [3.8, 4) is 0 Å². The lowest BCUT2D eigenvalue weighted by molar-refractivity contribution is -0.886. The summed E-state index contributed by atoms with van der Waals surface area (Å²) in [6.45, 7) is 4.23. The Hall–Kier alpha value is -2.99. The number of benzene rings is 2. The number of hydrogen-bond donors (Lipinski definition) is 2. The van der Waals surface area contributed by atoms with Crippen LogP contribution in [0.15, 0.2) is 59.4 Å². The topological polar surface area (TPSA) is 68.4 Å². The molecule has 2 heterocycles. The second kappa shape index (κ2) is 8.35. The first kappa shape index (κ1) is 18.4. The normalized spacial score (nSPS) is 14.4. The molecular formula is C22H25N4O2+. The molecule has 3 aromatic rings. The molecule has 0 unspecified atom stereocenters. The summed E-state index contributed by atoms with van der Waals surface area (Å²) in [5, 5.41) is 8.54. The summed E-state index contributed by atoms with van der Waals surface area (Å²) >= 11 is 0. The lowest BCUT2D eigenvalue weighted by atomic mass is 10.1. The van der Waals surface area contributed by atoms with Crippen LogP contribution in [-0.4, -0.2) is 41.9 Å². The monoisotopic (exact) mass is 377 g/mol. The molecule has 1 aliphatic rings. The number of likely N-dealkylation sites (tertiary alicyclic amines) is 1.